The van der Waals surface area contributed by atoms with Gasteiger partial charge in [-0.05, 0) is 37.1 Å². The zero-order valence-corrected chi connectivity index (χ0v) is 9.53. The van der Waals surface area contributed by atoms with Crippen LogP contribution in [0.25, 0.3) is 11.0 Å². The third kappa shape index (κ3) is 1.95. The molecule has 0 spiro atoms. The molecule has 0 saturated heterocycles. The summed E-state index contributed by atoms with van der Waals surface area (Å²) < 4.78 is 18.8. The van der Waals surface area contributed by atoms with Crippen molar-refractivity contribution in [2.45, 2.75) is 37.7 Å². The molecule has 0 bridgehead atoms. The van der Waals surface area contributed by atoms with Crippen molar-refractivity contribution in [3.63, 3.8) is 0 Å². The number of aliphatic hydroxyl groups is 1. The monoisotopic (exact) mass is 234 g/mol. The number of furan rings is 1. The van der Waals surface area contributed by atoms with E-state index in [1.165, 1.54) is 12.1 Å². The number of benzene rings is 1. The molecule has 1 heterocycles. The Morgan fingerprint density at radius 2 is 2.00 bits per heavy atom. The fraction of sp³-hybridized carbons (Fsp3) is 0.429. The van der Waals surface area contributed by atoms with E-state index in [0.29, 0.717) is 5.58 Å². The molecule has 90 valence electrons. The maximum atomic E-state index is 13.1. The second-order valence-corrected chi connectivity index (χ2v) is 4.79. The van der Waals surface area contributed by atoms with Crippen LogP contribution in [-0.4, -0.2) is 11.2 Å². The standard InChI is InChI=1S/C14H15FO2/c15-10-5-6-13-9(7-10)8-14(17-13)11-3-1-2-4-12(11)16/h5-8,11-12,16H,1-4H2. The Kier molecular flexibility index (Phi) is 2.63. The van der Waals surface area contributed by atoms with Crippen molar-refractivity contribution in [1.82, 2.24) is 0 Å². The van der Waals surface area contributed by atoms with Gasteiger partial charge in [-0.3, -0.25) is 0 Å². The van der Waals surface area contributed by atoms with Gasteiger partial charge in [-0.25, -0.2) is 4.39 Å². The van der Waals surface area contributed by atoms with Gasteiger partial charge in [0, 0.05) is 11.3 Å². The lowest BCUT2D eigenvalue weighted by Crippen LogP contribution is -2.21. The highest BCUT2D eigenvalue weighted by Crippen LogP contribution is 2.35. The van der Waals surface area contributed by atoms with Crippen molar-refractivity contribution in [1.29, 1.82) is 0 Å². The second kappa shape index (κ2) is 4.15. The highest BCUT2D eigenvalue weighted by molar-refractivity contribution is 5.78. The predicted molar refractivity (Wildman–Crippen MR) is 63.4 cm³/mol. The molecule has 1 aliphatic rings. The molecule has 0 aliphatic heterocycles. The van der Waals surface area contributed by atoms with Gasteiger partial charge in [0.15, 0.2) is 0 Å². The normalized spacial score (nSPS) is 25.3. The minimum absolute atomic E-state index is 0.0687. The Balaban J connectivity index is 1.99. The van der Waals surface area contributed by atoms with E-state index in [0.717, 1.165) is 36.8 Å². The van der Waals surface area contributed by atoms with E-state index in [2.05, 4.69) is 0 Å². The first-order valence-electron chi connectivity index (χ1n) is 6.11. The molecular formula is C14H15FO2. The van der Waals surface area contributed by atoms with Gasteiger partial charge in [0.2, 0.25) is 0 Å². The first-order chi connectivity index (χ1) is 8.24. The number of hydrogen-bond acceptors (Lipinski definition) is 2. The fourth-order valence-corrected chi connectivity index (χ4v) is 2.66. The lowest BCUT2D eigenvalue weighted by atomic mass is 9.85. The largest absolute Gasteiger partial charge is 0.461 e. The van der Waals surface area contributed by atoms with E-state index in [9.17, 15) is 9.50 Å². The molecule has 3 rings (SSSR count). The average Bonchev–Trinajstić information content (AvgIpc) is 2.72. The topological polar surface area (TPSA) is 33.4 Å². The van der Waals surface area contributed by atoms with Crippen LogP contribution in [0, 0.1) is 5.82 Å². The van der Waals surface area contributed by atoms with E-state index in [1.807, 2.05) is 6.07 Å². The van der Waals surface area contributed by atoms with Gasteiger partial charge < -0.3 is 9.52 Å². The molecule has 17 heavy (non-hydrogen) atoms. The summed E-state index contributed by atoms with van der Waals surface area (Å²) in [5.74, 6) is 0.603. The van der Waals surface area contributed by atoms with Crippen LogP contribution in [0.1, 0.15) is 37.4 Å². The van der Waals surface area contributed by atoms with Crippen LogP contribution >= 0.6 is 0 Å². The molecule has 1 aromatic carbocycles. The van der Waals surface area contributed by atoms with E-state index in [-0.39, 0.29) is 17.8 Å². The van der Waals surface area contributed by atoms with Crippen LogP contribution in [0.5, 0.6) is 0 Å². The molecule has 0 radical (unpaired) electrons. The highest BCUT2D eigenvalue weighted by atomic mass is 19.1. The molecule has 3 heteroatoms. The van der Waals surface area contributed by atoms with Crippen molar-refractivity contribution < 1.29 is 13.9 Å². The number of hydrogen-bond donors (Lipinski definition) is 1. The Morgan fingerprint density at radius 1 is 1.18 bits per heavy atom. The van der Waals surface area contributed by atoms with Gasteiger partial charge in [0.1, 0.15) is 17.2 Å². The summed E-state index contributed by atoms with van der Waals surface area (Å²) in [6.45, 7) is 0. The van der Waals surface area contributed by atoms with Crippen molar-refractivity contribution in [3.8, 4) is 0 Å². The Hall–Kier alpha value is -1.35. The maximum absolute atomic E-state index is 13.1. The molecule has 1 saturated carbocycles. The van der Waals surface area contributed by atoms with Gasteiger partial charge in [-0.1, -0.05) is 12.8 Å². The van der Waals surface area contributed by atoms with Crippen LogP contribution < -0.4 is 0 Å². The molecule has 2 nitrogen and oxygen atoms in total. The highest BCUT2D eigenvalue weighted by Gasteiger charge is 2.27. The van der Waals surface area contributed by atoms with E-state index in [1.54, 1.807) is 6.07 Å². The van der Waals surface area contributed by atoms with E-state index >= 15 is 0 Å². The lowest BCUT2D eigenvalue weighted by Gasteiger charge is -2.25. The molecule has 2 unspecified atom stereocenters. The first-order valence-corrected chi connectivity index (χ1v) is 6.11. The molecule has 1 N–H and O–H groups in total. The Labute approximate surface area is 99.1 Å². The summed E-state index contributed by atoms with van der Waals surface area (Å²) >= 11 is 0. The quantitative estimate of drug-likeness (QED) is 0.818. The summed E-state index contributed by atoms with van der Waals surface area (Å²) in [4.78, 5) is 0. The number of halogens is 1. The van der Waals surface area contributed by atoms with Gasteiger partial charge in [0.25, 0.3) is 0 Å². The first kappa shape index (κ1) is 10.8. The fourth-order valence-electron chi connectivity index (χ4n) is 2.66. The molecule has 1 aliphatic carbocycles. The zero-order chi connectivity index (χ0) is 11.8. The summed E-state index contributed by atoms with van der Waals surface area (Å²) in [6, 6.07) is 6.37. The van der Waals surface area contributed by atoms with Crippen molar-refractivity contribution in [2.24, 2.45) is 0 Å². The van der Waals surface area contributed by atoms with Gasteiger partial charge in [-0.15, -0.1) is 0 Å². The summed E-state index contributed by atoms with van der Waals surface area (Å²) in [7, 11) is 0. The number of fused-ring (bicyclic) bond motifs is 1. The Bertz CT molecular complexity index is 532. The number of aliphatic hydroxyl groups excluding tert-OH is 1. The van der Waals surface area contributed by atoms with Crippen LogP contribution in [-0.2, 0) is 0 Å². The third-order valence-electron chi connectivity index (χ3n) is 3.59. The second-order valence-electron chi connectivity index (χ2n) is 4.79. The molecule has 0 amide bonds. The molecule has 1 fully saturated rings. The maximum Gasteiger partial charge on any atom is 0.134 e. The van der Waals surface area contributed by atoms with Gasteiger partial charge in [0.05, 0.1) is 6.10 Å². The van der Waals surface area contributed by atoms with E-state index in [4.69, 9.17) is 4.42 Å². The molecular weight excluding hydrogens is 219 g/mol. The van der Waals surface area contributed by atoms with Crippen LogP contribution in [0.3, 0.4) is 0 Å². The van der Waals surface area contributed by atoms with Crippen molar-refractivity contribution in [3.05, 3.63) is 35.8 Å². The van der Waals surface area contributed by atoms with Crippen molar-refractivity contribution in [2.75, 3.05) is 0 Å². The summed E-state index contributed by atoms with van der Waals surface area (Å²) in [5.41, 5.74) is 0.694. The zero-order valence-electron chi connectivity index (χ0n) is 9.53. The third-order valence-corrected chi connectivity index (χ3v) is 3.59. The smallest absolute Gasteiger partial charge is 0.134 e. The van der Waals surface area contributed by atoms with Gasteiger partial charge >= 0.3 is 0 Å². The lowest BCUT2D eigenvalue weighted by molar-refractivity contribution is 0.0973. The van der Waals surface area contributed by atoms with Crippen molar-refractivity contribution >= 4 is 11.0 Å². The Morgan fingerprint density at radius 3 is 2.82 bits per heavy atom. The average molecular weight is 234 g/mol. The number of rotatable bonds is 1. The summed E-state index contributed by atoms with van der Waals surface area (Å²) in [5, 5.41) is 10.7. The SMILES string of the molecule is OC1CCCCC1c1cc2cc(F)ccc2o1. The van der Waals surface area contributed by atoms with Crippen LogP contribution in [0.2, 0.25) is 0 Å². The van der Waals surface area contributed by atoms with Crippen LogP contribution in [0.15, 0.2) is 28.7 Å². The van der Waals surface area contributed by atoms with Crippen LogP contribution in [0.4, 0.5) is 4.39 Å². The predicted octanol–water partition coefficient (Wildman–Crippen LogP) is 3.59. The molecule has 2 aromatic rings. The minimum atomic E-state index is -0.325. The van der Waals surface area contributed by atoms with E-state index < -0.39 is 0 Å². The molecule has 1 aromatic heterocycles. The minimum Gasteiger partial charge on any atom is -0.461 e. The van der Waals surface area contributed by atoms with Gasteiger partial charge in [-0.2, -0.15) is 0 Å². The molecule has 2 atom stereocenters. The summed E-state index contributed by atoms with van der Waals surface area (Å²) in [6.07, 6.45) is 3.65.